The summed E-state index contributed by atoms with van der Waals surface area (Å²) in [5, 5.41) is 2.94. The van der Waals surface area contributed by atoms with Crippen LogP contribution in [-0.4, -0.2) is 26.8 Å². The SMILES string of the molecule is O=C1C2=C(C(=O)c3ccccc31)C1(C(=O)Nc3ccccc31)n1c(=O)c3ccccc3c(=O)n12. The van der Waals surface area contributed by atoms with Crippen LogP contribution in [0.15, 0.2) is 88.0 Å². The highest BCUT2D eigenvalue weighted by molar-refractivity contribution is 6.40. The quantitative estimate of drug-likeness (QED) is 0.445. The molecular formula is C26H13N3O5. The van der Waals surface area contributed by atoms with Gasteiger partial charge in [0.15, 0.2) is 5.78 Å². The molecule has 1 aliphatic carbocycles. The van der Waals surface area contributed by atoms with E-state index in [9.17, 15) is 24.0 Å². The van der Waals surface area contributed by atoms with Crippen LogP contribution < -0.4 is 16.4 Å². The number of Topliss-reactive ketones (excluding diaryl/α,β-unsaturated/α-hetero) is 2. The molecule has 4 aromatic rings. The third-order valence-corrected chi connectivity index (χ3v) is 6.85. The van der Waals surface area contributed by atoms with E-state index in [0.717, 1.165) is 9.36 Å². The maximum absolute atomic E-state index is 13.9. The van der Waals surface area contributed by atoms with Crippen molar-refractivity contribution in [2.24, 2.45) is 0 Å². The Balaban J connectivity index is 1.76. The fourth-order valence-electron chi connectivity index (χ4n) is 5.48. The first kappa shape index (κ1) is 18.7. The number of hydrogen-bond donors (Lipinski definition) is 1. The molecule has 0 bridgehead atoms. The molecule has 0 fully saturated rings. The van der Waals surface area contributed by atoms with Gasteiger partial charge in [0.1, 0.15) is 5.70 Å². The van der Waals surface area contributed by atoms with Crippen molar-refractivity contribution < 1.29 is 14.4 Å². The predicted octanol–water partition coefficient (Wildman–Crippen LogP) is 2.16. The van der Waals surface area contributed by atoms with Gasteiger partial charge in [-0.2, -0.15) is 0 Å². The zero-order chi connectivity index (χ0) is 23.4. The molecule has 7 rings (SSSR count). The molecule has 34 heavy (non-hydrogen) atoms. The summed E-state index contributed by atoms with van der Waals surface area (Å²) < 4.78 is 1.92. The number of hydrogen-bond acceptors (Lipinski definition) is 5. The molecule has 0 saturated carbocycles. The first-order valence-electron chi connectivity index (χ1n) is 10.6. The lowest BCUT2D eigenvalue weighted by atomic mass is 9.75. The maximum Gasteiger partial charge on any atom is 0.278 e. The van der Waals surface area contributed by atoms with Crippen molar-refractivity contribution in [3.05, 3.63) is 116 Å². The van der Waals surface area contributed by atoms with Crippen LogP contribution >= 0.6 is 0 Å². The van der Waals surface area contributed by atoms with Gasteiger partial charge >= 0.3 is 0 Å². The van der Waals surface area contributed by atoms with Crippen molar-refractivity contribution in [2.45, 2.75) is 5.54 Å². The Bertz CT molecular complexity index is 1840. The molecule has 1 amide bonds. The van der Waals surface area contributed by atoms with Gasteiger partial charge < -0.3 is 5.32 Å². The summed E-state index contributed by atoms with van der Waals surface area (Å²) >= 11 is 0. The van der Waals surface area contributed by atoms with E-state index in [4.69, 9.17) is 0 Å². The van der Waals surface area contributed by atoms with Gasteiger partial charge in [0.2, 0.25) is 11.3 Å². The molecule has 3 aliphatic rings. The highest BCUT2D eigenvalue weighted by atomic mass is 16.2. The van der Waals surface area contributed by atoms with Gasteiger partial charge in [-0.15, -0.1) is 0 Å². The minimum absolute atomic E-state index is 0.0950. The van der Waals surface area contributed by atoms with Crippen LogP contribution in [0.5, 0.6) is 0 Å². The average Bonchev–Trinajstić information content (AvgIpc) is 3.35. The largest absolute Gasteiger partial charge is 0.323 e. The summed E-state index contributed by atoms with van der Waals surface area (Å²) in [6.07, 6.45) is 0. The normalized spacial score (nSPS) is 19.8. The van der Waals surface area contributed by atoms with Crippen molar-refractivity contribution in [1.82, 2.24) is 9.36 Å². The Morgan fingerprint density at radius 1 is 0.647 bits per heavy atom. The van der Waals surface area contributed by atoms with Crippen LogP contribution in [0.3, 0.4) is 0 Å². The van der Waals surface area contributed by atoms with Gasteiger partial charge in [0.05, 0.1) is 16.3 Å². The van der Waals surface area contributed by atoms with E-state index in [1.54, 1.807) is 48.5 Å². The van der Waals surface area contributed by atoms with Gasteiger partial charge in [-0.25, -0.2) is 9.36 Å². The molecule has 1 aromatic heterocycles. The van der Waals surface area contributed by atoms with Crippen molar-refractivity contribution in [1.29, 1.82) is 0 Å². The number of ketones is 2. The van der Waals surface area contributed by atoms with E-state index in [2.05, 4.69) is 5.32 Å². The van der Waals surface area contributed by atoms with Crippen LogP contribution in [0.25, 0.3) is 16.5 Å². The topological polar surface area (TPSA) is 107 Å². The lowest BCUT2D eigenvalue weighted by Gasteiger charge is -2.28. The Morgan fingerprint density at radius 2 is 1.24 bits per heavy atom. The van der Waals surface area contributed by atoms with Gasteiger partial charge in [0.25, 0.3) is 17.0 Å². The van der Waals surface area contributed by atoms with Crippen LogP contribution in [0, 0.1) is 0 Å². The van der Waals surface area contributed by atoms with E-state index in [1.165, 1.54) is 24.3 Å². The van der Waals surface area contributed by atoms with E-state index in [-0.39, 0.29) is 33.2 Å². The van der Waals surface area contributed by atoms with Crippen molar-refractivity contribution in [2.75, 3.05) is 5.32 Å². The van der Waals surface area contributed by atoms with Crippen molar-refractivity contribution in [3.63, 3.8) is 0 Å². The van der Waals surface area contributed by atoms with E-state index < -0.39 is 34.1 Å². The number of nitrogens with zero attached hydrogens (tertiary/aromatic N) is 2. The zero-order valence-corrected chi connectivity index (χ0v) is 17.4. The number of carbonyl (C=O) groups is 3. The minimum atomic E-state index is -1.99. The second kappa shape index (κ2) is 5.93. The first-order valence-corrected chi connectivity index (χ1v) is 10.6. The lowest BCUT2D eigenvalue weighted by molar-refractivity contribution is -0.120. The molecule has 1 spiro atoms. The highest BCUT2D eigenvalue weighted by Gasteiger charge is 2.62. The molecule has 8 heteroatoms. The Morgan fingerprint density at radius 3 is 1.97 bits per heavy atom. The zero-order valence-electron chi connectivity index (χ0n) is 17.4. The second-order valence-electron chi connectivity index (χ2n) is 8.42. The smallest absolute Gasteiger partial charge is 0.278 e. The van der Waals surface area contributed by atoms with Crippen LogP contribution in [0.2, 0.25) is 0 Å². The molecule has 3 heterocycles. The van der Waals surface area contributed by atoms with Gasteiger partial charge in [-0.1, -0.05) is 54.6 Å². The molecule has 1 unspecified atom stereocenters. The van der Waals surface area contributed by atoms with E-state index in [1.807, 2.05) is 0 Å². The number of anilines is 1. The average molecular weight is 447 g/mol. The molecular weight excluding hydrogens is 434 g/mol. The van der Waals surface area contributed by atoms with Crippen molar-refractivity contribution in [3.8, 4) is 0 Å². The molecule has 8 nitrogen and oxygen atoms in total. The number of nitrogens with one attached hydrogen (secondary N) is 1. The third kappa shape index (κ3) is 1.85. The third-order valence-electron chi connectivity index (χ3n) is 6.85. The predicted molar refractivity (Wildman–Crippen MR) is 123 cm³/mol. The number of aromatic nitrogens is 2. The molecule has 162 valence electrons. The number of allylic oxidation sites excluding steroid dienone is 1. The summed E-state index contributed by atoms with van der Waals surface area (Å²) in [5.74, 6) is -1.84. The van der Waals surface area contributed by atoms with Crippen LogP contribution in [0.1, 0.15) is 26.3 Å². The van der Waals surface area contributed by atoms with Gasteiger partial charge in [-0.05, 0) is 18.2 Å². The van der Waals surface area contributed by atoms with E-state index in [0.29, 0.717) is 11.3 Å². The Labute approximate surface area is 190 Å². The number of benzene rings is 3. The first-order chi connectivity index (χ1) is 16.5. The number of fused-ring (bicyclic) bond motifs is 8. The van der Waals surface area contributed by atoms with Crippen LogP contribution in [-0.2, 0) is 10.3 Å². The number of amides is 1. The van der Waals surface area contributed by atoms with Crippen LogP contribution in [0.4, 0.5) is 5.69 Å². The molecule has 0 radical (unpaired) electrons. The molecule has 1 atom stereocenters. The number of para-hydroxylation sites is 1. The lowest BCUT2D eigenvalue weighted by Crippen LogP contribution is -2.51. The summed E-state index contributed by atoms with van der Waals surface area (Å²) in [5.41, 5.74) is -2.77. The minimum Gasteiger partial charge on any atom is -0.323 e. The van der Waals surface area contributed by atoms with Gasteiger partial charge in [-0.3, -0.25) is 24.0 Å². The standard InChI is InChI=1S/C26H13N3O5/c30-21-13-7-1-2-8-14(13)22(31)20-19(21)26(17-11-5-6-12-18(17)27-25(26)34)29-24(33)16-10-4-3-9-15(16)23(32)28(20)29/h1-12H,(H,27,34). The second-order valence-corrected chi connectivity index (χ2v) is 8.42. The Hall–Kier alpha value is -4.85. The summed E-state index contributed by atoms with van der Waals surface area (Å²) in [6, 6.07) is 19.1. The molecule has 2 aliphatic heterocycles. The van der Waals surface area contributed by atoms with Crippen molar-refractivity contribution >= 4 is 39.6 Å². The summed E-state index contributed by atoms with van der Waals surface area (Å²) in [4.78, 5) is 69.0. The molecule has 3 aromatic carbocycles. The number of carbonyl (C=O) groups excluding carboxylic acids is 3. The van der Waals surface area contributed by atoms with Gasteiger partial charge in [0, 0.05) is 22.4 Å². The summed E-state index contributed by atoms with van der Waals surface area (Å²) in [6.45, 7) is 0. The van der Waals surface area contributed by atoms with E-state index >= 15 is 0 Å². The highest BCUT2D eigenvalue weighted by Crippen LogP contribution is 2.51. The summed E-state index contributed by atoms with van der Waals surface area (Å²) in [7, 11) is 0. The molecule has 0 saturated heterocycles. The fraction of sp³-hybridized carbons (Fsp3) is 0.0385. The number of rotatable bonds is 0. The monoisotopic (exact) mass is 447 g/mol. The fourth-order valence-corrected chi connectivity index (χ4v) is 5.48. The molecule has 1 N–H and O–H groups in total. The maximum atomic E-state index is 13.9. The Kier molecular flexibility index (Phi) is 3.26.